The fraction of sp³-hybridized carbons (Fsp3) is 0.464. The number of aliphatic carboxylic acids is 1. The number of benzene rings is 1. The van der Waals surface area contributed by atoms with Crippen molar-refractivity contribution in [3.05, 3.63) is 49.9 Å². The molecule has 3 atom stereocenters. The SMILES string of the molecule is C[C@@H](O)[C@@H]1C(=O)N2C(C(=O)[O-])=C(SCCOC(=O)N3CCN(c4cc5c(cc4F)c(=O)c(C(=O)[O-])cn5C4CC4)CC3)S[C@H]12.[Na+].[Na+]. The van der Waals surface area contributed by atoms with Gasteiger partial charge < -0.3 is 44.0 Å². The van der Waals surface area contributed by atoms with E-state index >= 15 is 4.39 Å². The maximum absolute atomic E-state index is 15.2. The van der Waals surface area contributed by atoms with E-state index in [1.807, 2.05) is 0 Å². The van der Waals surface area contributed by atoms with Crippen molar-refractivity contribution < 1.29 is 103 Å². The number of carboxylic acids is 2. The van der Waals surface area contributed by atoms with E-state index in [0.717, 1.165) is 47.3 Å². The number of aromatic nitrogens is 1. The van der Waals surface area contributed by atoms with E-state index in [0.29, 0.717) is 9.75 Å². The molecule has 2 saturated heterocycles. The maximum Gasteiger partial charge on any atom is 1.00 e. The van der Waals surface area contributed by atoms with Crippen molar-refractivity contribution in [2.75, 3.05) is 43.4 Å². The van der Waals surface area contributed by atoms with Crippen LogP contribution in [0, 0.1) is 11.7 Å². The number of nitrogens with zero attached hydrogens (tertiary/aromatic N) is 4. The van der Waals surface area contributed by atoms with Crippen molar-refractivity contribution in [1.82, 2.24) is 14.4 Å². The second-order valence-corrected chi connectivity index (χ2v) is 13.5. The van der Waals surface area contributed by atoms with Crippen LogP contribution in [0.25, 0.3) is 10.9 Å². The van der Waals surface area contributed by atoms with Gasteiger partial charge in [0.25, 0.3) is 0 Å². The van der Waals surface area contributed by atoms with Gasteiger partial charge in [0.1, 0.15) is 17.8 Å². The molecule has 234 valence electrons. The van der Waals surface area contributed by atoms with Crippen LogP contribution in [-0.2, 0) is 14.3 Å². The number of aliphatic hydroxyl groups excluding tert-OH is 1. The molecular weight excluding hydrogens is 665 g/mol. The Hall–Kier alpha value is -1.76. The Morgan fingerprint density at radius 3 is 2.37 bits per heavy atom. The van der Waals surface area contributed by atoms with Crippen LogP contribution in [-0.4, -0.2) is 93.4 Å². The van der Waals surface area contributed by atoms with E-state index in [9.17, 15) is 39.3 Å². The zero-order valence-corrected chi connectivity index (χ0v) is 31.0. The number of carbonyl (C=O) groups is 4. The number of β-lactam (4-membered cyclic amide) rings is 1. The monoisotopic (exact) mass is 692 g/mol. The number of carboxylic acid groups (broad SMARTS) is 2. The molecule has 13 nitrogen and oxygen atoms in total. The third-order valence-corrected chi connectivity index (χ3v) is 10.8. The van der Waals surface area contributed by atoms with Crippen LogP contribution in [0.5, 0.6) is 0 Å². The summed E-state index contributed by atoms with van der Waals surface area (Å²) in [5.74, 6) is -4.72. The molecule has 1 aliphatic carbocycles. The Labute approximate surface area is 315 Å². The van der Waals surface area contributed by atoms with Gasteiger partial charge >= 0.3 is 65.2 Å². The molecule has 1 saturated carbocycles. The van der Waals surface area contributed by atoms with E-state index in [1.54, 1.807) is 15.5 Å². The van der Waals surface area contributed by atoms with Gasteiger partial charge in [-0.05, 0) is 31.9 Å². The van der Waals surface area contributed by atoms with Gasteiger partial charge in [-0.1, -0.05) is 11.8 Å². The van der Waals surface area contributed by atoms with Crippen LogP contribution in [0.2, 0.25) is 0 Å². The molecule has 3 aliphatic heterocycles. The minimum Gasteiger partial charge on any atom is -0.545 e. The second kappa shape index (κ2) is 14.8. The molecule has 1 aromatic heterocycles. The second-order valence-electron chi connectivity index (χ2n) is 11.0. The molecule has 2 amide bonds. The first-order chi connectivity index (χ1) is 21.0. The molecular formula is C28H27FN4Na2O9S2. The maximum atomic E-state index is 15.2. The first-order valence-electron chi connectivity index (χ1n) is 14.0. The topological polar surface area (TPSA) is 176 Å². The molecule has 1 aromatic carbocycles. The molecule has 4 heterocycles. The molecule has 4 aliphatic rings. The van der Waals surface area contributed by atoms with E-state index < -0.39 is 58.1 Å². The molecule has 0 unspecified atom stereocenters. The molecule has 0 radical (unpaired) electrons. The zero-order valence-electron chi connectivity index (χ0n) is 25.4. The fourth-order valence-electron chi connectivity index (χ4n) is 5.73. The van der Waals surface area contributed by atoms with Crippen molar-refractivity contribution in [2.45, 2.75) is 37.3 Å². The molecule has 6 rings (SSSR count). The standard InChI is InChI=1S/C28H29FN4O9S2.2Na/c1-13(34)20-23(36)33-21(26(39)40)27(44-24(20)33)43-9-8-42-28(41)31-6-4-30(5-7-31)19-11-18-15(10-17(19)29)22(35)16(25(37)38)12-32(18)14-2-3-14;;/h10-14,20,24,34H,2-9H2,1H3,(H,37,38)(H,39,40);;/q;2*+1/p-2/t13-,20-,24-;;/m1../s1. The van der Waals surface area contributed by atoms with Gasteiger partial charge in [-0.15, -0.1) is 11.8 Å². The quantitative estimate of drug-likeness (QED) is 0.150. The summed E-state index contributed by atoms with van der Waals surface area (Å²) in [6, 6.07) is 2.63. The number of fused-ring (bicyclic) bond motifs is 2. The van der Waals surface area contributed by atoms with Crippen molar-refractivity contribution in [2.24, 2.45) is 5.92 Å². The van der Waals surface area contributed by atoms with Gasteiger partial charge in [-0.2, -0.15) is 0 Å². The molecule has 1 N–H and O–H groups in total. The fourth-order valence-corrected chi connectivity index (χ4v) is 8.53. The number of thioether (sulfide) groups is 2. The Morgan fingerprint density at radius 2 is 1.78 bits per heavy atom. The van der Waals surface area contributed by atoms with Gasteiger partial charge in [-0.3, -0.25) is 14.5 Å². The normalized spacial score (nSPS) is 21.3. The predicted molar refractivity (Wildman–Crippen MR) is 154 cm³/mol. The average Bonchev–Trinajstić information content (AvgIpc) is 3.77. The number of ether oxygens (including phenoxy) is 1. The molecule has 18 heteroatoms. The van der Waals surface area contributed by atoms with Crippen LogP contribution in [0.1, 0.15) is 36.2 Å². The number of carbonyl (C=O) groups excluding carboxylic acids is 4. The van der Waals surface area contributed by atoms with Crippen molar-refractivity contribution in [3.63, 3.8) is 0 Å². The summed E-state index contributed by atoms with van der Waals surface area (Å²) in [5.41, 5.74) is -0.863. The third kappa shape index (κ3) is 6.87. The van der Waals surface area contributed by atoms with Crippen LogP contribution in [0.4, 0.5) is 14.9 Å². The van der Waals surface area contributed by atoms with Crippen molar-refractivity contribution in [3.8, 4) is 0 Å². The molecule has 2 aromatic rings. The zero-order chi connectivity index (χ0) is 31.4. The number of hydrogen-bond donors (Lipinski definition) is 1. The number of pyridine rings is 1. The predicted octanol–water partition coefficient (Wildman–Crippen LogP) is -6.33. The number of hydrogen-bond acceptors (Lipinski definition) is 12. The van der Waals surface area contributed by atoms with Gasteiger partial charge in [0.15, 0.2) is 5.43 Å². The van der Waals surface area contributed by atoms with E-state index in [4.69, 9.17) is 4.74 Å². The van der Waals surface area contributed by atoms with Gasteiger partial charge in [-0.25, -0.2) is 9.18 Å². The Morgan fingerprint density at radius 1 is 1.11 bits per heavy atom. The summed E-state index contributed by atoms with van der Waals surface area (Å²) < 4.78 is 22.6. The molecule has 0 spiro atoms. The third-order valence-electron chi connectivity index (χ3n) is 8.14. The van der Waals surface area contributed by atoms with Crippen molar-refractivity contribution in [1.29, 1.82) is 0 Å². The number of anilines is 1. The number of aliphatic hydroxyl groups is 1. The van der Waals surface area contributed by atoms with E-state index in [-0.39, 0.29) is 120 Å². The first kappa shape index (κ1) is 37.1. The summed E-state index contributed by atoms with van der Waals surface area (Å²) in [6.07, 6.45) is 1.39. The molecule has 0 bridgehead atoms. The summed E-state index contributed by atoms with van der Waals surface area (Å²) >= 11 is 2.29. The molecule has 46 heavy (non-hydrogen) atoms. The van der Waals surface area contributed by atoms with E-state index in [1.165, 1.54) is 18.0 Å². The smallest absolute Gasteiger partial charge is 0.545 e. The summed E-state index contributed by atoms with van der Waals surface area (Å²) in [6.45, 7) is 2.48. The van der Waals surface area contributed by atoms with Crippen LogP contribution >= 0.6 is 23.5 Å². The van der Waals surface area contributed by atoms with Gasteiger partial charge in [0.2, 0.25) is 5.91 Å². The summed E-state index contributed by atoms with van der Waals surface area (Å²) in [5, 5.41) is 32.5. The number of piperazine rings is 1. The van der Waals surface area contributed by atoms with Crippen LogP contribution in [0.3, 0.4) is 0 Å². The van der Waals surface area contributed by atoms with Gasteiger partial charge in [0, 0.05) is 49.6 Å². The average molecular weight is 693 g/mol. The number of aromatic carboxylic acids is 1. The largest absolute Gasteiger partial charge is 1.00 e. The number of rotatable bonds is 9. The van der Waals surface area contributed by atoms with Crippen LogP contribution in [0.15, 0.2) is 33.1 Å². The first-order valence-corrected chi connectivity index (χ1v) is 15.9. The summed E-state index contributed by atoms with van der Waals surface area (Å²) in [4.78, 5) is 65.2. The molecule has 3 fully saturated rings. The Kier molecular flexibility index (Phi) is 11.9. The number of amides is 2. The number of halogens is 1. The van der Waals surface area contributed by atoms with Gasteiger partial charge in [0.05, 0.1) is 50.7 Å². The summed E-state index contributed by atoms with van der Waals surface area (Å²) in [7, 11) is 0. The minimum absolute atomic E-state index is 0. The minimum atomic E-state index is -1.61. The Balaban J connectivity index is 0.00000240. The van der Waals surface area contributed by atoms with Crippen molar-refractivity contribution >= 4 is 64.1 Å². The van der Waals surface area contributed by atoms with E-state index in [2.05, 4.69) is 0 Å². The van der Waals surface area contributed by atoms with Crippen LogP contribution < -0.4 is 79.7 Å². The Bertz CT molecular complexity index is 1680.